The maximum Gasteiger partial charge on any atom is 0.255 e. The molecule has 0 radical (unpaired) electrons. The lowest BCUT2D eigenvalue weighted by atomic mass is 9.90. The van der Waals surface area contributed by atoms with Gasteiger partial charge < -0.3 is 21.1 Å². The Kier molecular flexibility index (Phi) is 6.55. The number of amides is 2. The van der Waals surface area contributed by atoms with E-state index >= 15 is 0 Å². The first-order chi connectivity index (χ1) is 18.4. The molecule has 39 heavy (non-hydrogen) atoms. The molecule has 4 N–H and O–H groups in total. The Morgan fingerprint density at radius 2 is 1.92 bits per heavy atom. The van der Waals surface area contributed by atoms with E-state index in [2.05, 4.69) is 32.1 Å². The molecule has 11 heteroatoms. The summed E-state index contributed by atoms with van der Waals surface area (Å²) in [6.45, 7) is 3.88. The van der Waals surface area contributed by atoms with Crippen molar-refractivity contribution < 1.29 is 19.1 Å². The number of hydrogen-bond donors (Lipinski definition) is 4. The zero-order valence-corrected chi connectivity index (χ0v) is 22.2. The second-order valence-electron chi connectivity index (χ2n) is 11.4. The number of halogens is 1. The van der Waals surface area contributed by atoms with E-state index in [9.17, 15) is 24.3 Å². The molecule has 5 rings (SSSR count). The van der Waals surface area contributed by atoms with Gasteiger partial charge in [-0.25, -0.2) is 8.91 Å². The molecule has 3 heterocycles. The lowest BCUT2D eigenvalue weighted by Gasteiger charge is -2.30. The molecule has 3 aromatic rings. The number of rotatable bonds is 8. The molecule has 1 unspecified atom stereocenters. The molecule has 2 saturated carbocycles. The first-order valence-corrected chi connectivity index (χ1v) is 13.0. The Labute approximate surface area is 225 Å². The van der Waals surface area contributed by atoms with Crippen LogP contribution in [0.15, 0.2) is 36.7 Å². The fourth-order valence-electron chi connectivity index (χ4n) is 5.87. The Morgan fingerprint density at radius 3 is 2.59 bits per heavy atom. The van der Waals surface area contributed by atoms with Gasteiger partial charge in [0.25, 0.3) is 5.91 Å². The van der Waals surface area contributed by atoms with Crippen LogP contribution in [-0.4, -0.2) is 60.9 Å². The molecule has 1 atom stereocenters. The molecule has 2 fully saturated rings. The number of aliphatic hydroxyl groups is 1. The number of nitrogens with zero attached hydrogens (tertiary/aromatic N) is 4. The Hall–Kier alpha value is -4.04. The van der Waals surface area contributed by atoms with E-state index in [4.69, 9.17) is 0 Å². The SMILES string of the molecule is CC(=O)NC12CCC(Nc3cc(-c4ccc5cc(C#N)cnn45)ncc3C(=O)NCC(F)C(C)(C)O)(CC1)C2. The van der Waals surface area contributed by atoms with Crippen LogP contribution in [0.5, 0.6) is 0 Å². The van der Waals surface area contributed by atoms with E-state index in [1.54, 1.807) is 16.6 Å². The van der Waals surface area contributed by atoms with Gasteiger partial charge in [0.2, 0.25) is 5.91 Å². The molecule has 0 spiro atoms. The highest BCUT2D eigenvalue weighted by Gasteiger charge is 2.55. The highest BCUT2D eigenvalue weighted by Crippen LogP contribution is 2.52. The van der Waals surface area contributed by atoms with Crippen LogP contribution in [0.4, 0.5) is 10.1 Å². The third kappa shape index (κ3) is 5.16. The van der Waals surface area contributed by atoms with Gasteiger partial charge in [-0.2, -0.15) is 10.4 Å². The number of pyridine rings is 1. The molecule has 204 valence electrons. The van der Waals surface area contributed by atoms with Crippen LogP contribution in [-0.2, 0) is 4.79 Å². The van der Waals surface area contributed by atoms with Gasteiger partial charge in [0.05, 0.1) is 52.1 Å². The molecular formula is C28H32FN7O3. The zero-order chi connectivity index (χ0) is 28.0. The van der Waals surface area contributed by atoms with Crippen molar-refractivity contribution in [1.29, 1.82) is 5.26 Å². The average Bonchev–Trinajstić information content (AvgIpc) is 3.56. The van der Waals surface area contributed by atoms with Gasteiger partial charge >= 0.3 is 0 Å². The van der Waals surface area contributed by atoms with E-state index in [0.717, 1.165) is 37.6 Å². The van der Waals surface area contributed by atoms with E-state index in [-0.39, 0.29) is 29.1 Å². The fraction of sp³-hybridized carbons (Fsp3) is 0.464. The van der Waals surface area contributed by atoms with Crippen LogP contribution in [0.25, 0.3) is 16.9 Å². The number of carbonyl (C=O) groups is 2. The van der Waals surface area contributed by atoms with Gasteiger partial charge in [-0.3, -0.25) is 14.6 Å². The molecule has 0 saturated heterocycles. The number of anilines is 1. The molecule has 3 aromatic heterocycles. The van der Waals surface area contributed by atoms with Crippen molar-refractivity contribution >= 4 is 23.0 Å². The lowest BCUT2D eigenvalue weighted by molar-refractivity contribution is -0.120. The number of aromatic nitrogens is 3. The van der Waals surface area contributed by atoms with Crippen molar-refractivity contribution in [3.05, 3.63) is 47.8 Å². The van der Waals surface area contributed by atoms with Crippen LogP contribution in [0.3, 0.4) is 0 Å². The van der Waals surface area contributed by atoms with E-state index in [1.807, 2.05) is 12.1 Å². The van der Waals surface area contributed by atoms with Gasteiger partial charge in [0.1, 0.15) is 12.2 Å². The molecule has 0 aliphatic heterocycles. The summed E-state index contributed by atoms with van der Waals surface area (Å²) in [6, 6.07) is 9.27. The fourth-order valence-corrected chi connectivity index (χ4v) is 5.87. The minimum Gasteiger partial charge on any atom is -0.387 e. The van der Waals surface area contributed by atoms with E-state index in [0.29, 0.717) is 22.6 Å². The smallest absolute Gasteiger partial charge is 0.255 e. The molecular weight excluding hydrogens is 501 g/mol. The summed E-state index contributed by atoms with van der Waals surface area (Å²) in [6.07, 6.45) is 5.33. The molecule has 0 aromatic carbocycles. The number of hydrogen-bond acceptors (Lipinski definition) is 7. The van der Waals surface area contributed by atoms with Crippen LogP contribution >= 0.6 is 0 Å². The number of fused-ring (bicyclic) bond motifs is 3. The van der Waals surface area contributed by atoms with Gasteiger partial charge in [0.15, 0.2) is 0 Å². The third-order valence-corrected chi connectivity index (χ3v) is 7.93. The van der Waals surface area contributed by atoms with E-state index in [1.165, 1.54) is 33.2 Å². The zero-order valence-electron chi connectivity index (χ0n) is 22.2. The number of alkyl halides is 1. The van der Waals surface area contributed by atoms with Crippen molar-refractivity contribution in [3.63, 3.8) is 0 Å². The summed E-state index contributed by atoms with van der Waals surface area (Å²) in [5.41, 5.74) is 1.04. The highest BCUT2D eigenvalue weighted by molar-refractivity contribution is 6.00. The van der Waals surface area contributed by atoms with Crippen molar-refractivity contribution in [2.75, 3.05) is 11.9 Å². The predicted octanol–water partition coefficient (Wildman–Crippen LogP) is 3.11. The molecule has 2 bridgehead atoms. The maximum atomic E-state index is 14.4. The summed E-state index contributed by atoms with van der Waals surface area (Å²) < 4.78 is 16.0. The number of nitriles is 1. The Balaban J connectivity index is 1.49. The Bertz CT molecular complexity index is 1480. The number of carbonyl (C=O) groups excluding carboxylic acids is 2. The normalized spacial score (nSPS) is 22.9. The second-order valence-corrected chi connectivity index (χ2v) is 11.4. The van der Waals surface area contributed by atoms with Crippen LogP contribution in [0.1, 0.15) is 68.8 Å². The van der Waals surface area contributed by atoms with Crippen molar-refractivity contribution in [2.45, 2.75) is 75.7 Å². The molecule has 10 nitrogen and oxygen atoms in total. The highest BCUT2D eigenvalue weighted by atomic mass is 19.1. The van der Waals surface area contributed by atoms with Crippen molar-refractivity contribution in [1.82, 2.24) is 25.2 Å². The van der Waals surface area contributed by atoms with E-state index < -0.39 is 17.7 Å². The largest absolute Gasteiger partial charge is 0.387 e. The first-order valence-electron chi connectivity index (χ1n) is 13.0. The van der Waals surface area contributed by atoms with Crippen LogP contribution < -0.4 is 16.0 Å². The predicted molar refractivity (Wildman–Crippen MR) is 143 cm³/mol. The molecule has 2 aliphatic carbocycles. The summed E-state index contributed by atoms with van der Waals surface area (Å²) in [4.78, 5) is 29.6. The Morgan fingerprint density at radius 1 is 1.21 bits per heavy atom. The van der Waals surface area contributed by atoms with Gasteiger partial charge in [-0.15, -0.1) is 0 Å². The monoisotopic (exact) mass is 533 g/mol. The van der Waals surface area contributed by atoms with Crippen molar-refractivity contribution in [2.24, 2.45) is 0 Å². The van der Waals surface area contributed by atoms with Gasteiger partial charge in [-0.05, 0) is 70.2 Å². The van der Waals surface area contributed by atoms with Gasteiger partial charge in [0, 0.05) is 24.2 Å². The maximum absolute atomic E-state index is 14.4. The van der Waals surface area contributed by atoms with Crippen molar-refractivity contribution in [3.8, 4) is 17.5 Å². The molecule has 2 amide bonds. The topological polar surface area (TPSA) is 144 Å². The van der Waals surface area contributed by atoms with Crippen LogP contribution in [0, 0.1) is 11.3 Å². The molecule has 2 aliphatic rings. The summed E-state index contributed by atoms with van der Waals surface area (Å²) >= 11 is 0. The minimum atomic E-state index is -1.65. The second kappa shape index (κ2) is 9.61. The summed E-state index contributed by atoms with van der Waals surface area (Å²) in [7, 11) is 0. The lowest BCUT2D eigenvalue weighted by Crippen LogP contribution is -2.43. The number of nitrogens with one attached hydrogen (secondary N) is 3. The minimum absolute atomic E-state index is 0.0567. The standard InChI is InChI=1S/C28H32FN7O3/c1-17(37)34-27-6-8-28(16-27,9-7-27)35-21-11-22(23-5-4-19-10-18(12-30)13-33-36(19)23)31-14-20(21)25(38)32-15-24(29)26(2,3)39/h4-5,10-11,13-14,24,39H,6-9,15-16H2,1-3H3,(H,31,35)(H,32,38)(H,34,37). The van der Waals surface area contributed by atoms with Gasteiger partial charge in [-0.1, -0.05) is 0 Å². The van der Waals surface area contributed by atoms with Crippen LogP contribution in [0.2, 0.25) is 0 Å². The summed E-state index contributed by atoms with van der Waals surface area (Å²) in [5.74, 6) is -0.570. The average molecular weight is 534 g/mol. The summed E-state index contributed by atoms with van der Waals surface area (Å²) in [5, 5.41) is 32.8. The first kappa shape index (κ1) is 26.6. The third-order valence-electron chi connectivity index (χ3n) is 7.93. The quantitative estimate of drug-likeness (QED) is 0.348.